The van der Waals surface area contributed by atoms with E-state index in [1.807, 2.05) is 30.3 Å². The Balaban J connectivity index is 0.00000176. The van der Waals surface area contributed by atoms with E-state index in [1.165, 1.54) is 12.1 Å². The number of carbonyl (C=O) groups excluding carboxylic acids is 1. The SMILES string of the molecule is Br.O=C(c1ccc(F)cc1)C1(c2ccccc2)CCNCC1. The average Bonchev–Trinajstić information content (AvgIpc) is 2.56. The average molecular weight is 364 g/mol. The minimum Gasteiger partial charge on any atom is -0.317 e. The van der Waals surface area contributed by atoms with E-state index in [4.69, 9.17) is 0 Å². The number of ketones is 1. The number of benzene rings is 2. The summed E-state index contributed by atoms with van der Waals surface area (Å²) in [5, 5.41) is 3.31. The van der Waals surface area contributed by atoms with Crippen LogP contribution in [0.2, 0.25) is 0 Å². The highest BCUT2D eigenvalue weighted by molar-refractivity contribution is 8.93. The van der Waals surface area contributed by atoms with Crippen molar-refractivity contribution in [1.29, 1.82) is 0 Å². The molecule has 0 atom stereocenters. The summed E-state index contributed by atoms with van der Waals surface area (Å²) in [6.45, 7) is 1.64. The van der Waals surface area contributed by atoms with Gasteiger partial charge >= 0.3 is 0 Å². The number of nitrogens with one attached hydrogen (secondary N) is 1. The van der Waals surface area contributed by atoms with Crippen LogP contribution in [0.25, 0.3) is 0 Å². The highest BCUT2D eigenvalue weighted by atomic mass is 79.9. The Kier molecular flexibility index (Phi) is 5.48. The normalized spacial score (nSPS) is 16.6. The Morgan fingerprint density at radius 1 is 0.955 bits per heavy atom. The summed E-state index contributed by atoms with van der Waals surface area (Å²) < 4.78 is 13.1. The van der Waals surface area contributed by atoms with E-state index in [0.717, 1.165) is 31.5 Å². The molecule has 0 unspecified atom stereocenters. The van der Waals surface area contributed by atoms with Crippen LogP contribution in [-0.4, -0.2) is 18.9 Å². The summed E-state index contributed by atoms with van der Waals surface area (Å²) in [6.07, 6.45) is 1.54. The number of rotatable bonds is 3. The third-order valence-electron chi connectivity index (χ3n) is 4.32. The van der Waals surface area contributed by atoms with Crippen LogP contribution in [0.3, 0.4) is 0 Å². The first-order valence-electron chi connectivity index (χ1n) is 7.29. The van der Waals surface area contributed by atoms with E-state index in [9.17, 15) is 9.18 Å². The maximum atomic E-state index is 13.1. The van der Waals surface area contributed by atoms with Crippen LogP contribution in [0.5, 0.6) is 0 Å². The lowest BCUT2D eigenvalue weighted by Crippen LogP contribution is -2.45. The third-order valence-corrected chi connectivity index (χ3v) is 4.32. The van der Waals surface area contributed by atoms with Crippen molar-refractivity contribution in [3.8, 4) is 0 Å². The number of halogens is 2. The summed E-state index contributed by atoms with van der Waals surface area (Å²) in [4.78, 5) is 13.1. The van der Waals surface area contributed by atoms with E-state index < -0.39 is 5.41 Å². The molecule has 1 N–H and O–H groups in total. The lowest BCUT2D eigenvalue weighted by atomic mass is 9.68. The summed E-state index contributed by atoms with van der Waals surface area (Å²) in [6, 6.07) is 15.8. The summed E-state index contributed by atoms with van der Waals surface area (Å²) >= 11 is 0. The van der Waals surface area contributed by atoms with E-state index in [1.54, 1.807) is 12.1 Å². The molecule has 2 nitrogen and oxygen atoms in total. The minimum absolute atomic E-state index is 0. The third kappa shape index (κ3) is 3.13. The quantitative estimate of drug-likeness (QED) is 0.837. The Labute approximate surface area is 140 Å². The largest absolute Gasteiger partial charge is 0.317 e. The molecule has 1 aliphatic heterocycles. The van der Waals surface area contributed by atoms with Gasteiger partial charge in [-0.25, -0.2) is 4.39 Å². The van der Waals surface area contributed by atoms with Gasteiger partial charge in [-0.3, -0.25) is 4.79 Å². The van der Waals surface area contributed by atoms with Gasteiger partial charge in [0.2, 0.25) is 0 Å². The molecule has 116 valence electrons. The second-order valence-electron chi connectivity index (χ2n) is 5.53. The Hall–Kier alpha value is -1.52. The standard InChI is InChI=1S/C18H18FNO.BrH/c19-16-8-6-14(7-9-16)17(21)18(10-12-20-13-11-18)15-4-2-1-3-5-15;/h1-9,20H,10-13H2;1H. The molecule has 0 bridgehead atoms. The lowest BCUT2D eigenvalue weighted by Gasteiger charge is -2.37. The summed E-state index contributed by atoms with van der Waals surface area (Å²) in [5.74, 6) is -0.221. The molecule has 2 aromatic carbocycles. The topological polar surface area (TPSA) is 29.1 Å². The van der Waals surface area contributed by atoms with E-state index >= 15 is 0 Å². The second-order valence-corrected chi connectivity index (χ2v) is 5.53. The van der Waals surface area contributed by atoms with Crippen molar-refractivity contribution in [2.75, 3.05) is 13.1 Å². The van der Waals surface area contributed by atoms with Gasteiger partial charge in [0.25, 0.3) is 0 Å². The number of piperidine rings is 1. The van der Waals surface area contributed by atoms with Gasteiger partial charge in [0.05, 0.1) is 5.41 Å². The van der Waals surface area contributed by atoms with Gasteiger partial charge < -0.3 is 5.32 Å². The van der Waals surface area contributed by atoms with Crippen molar-refractivity contribution in [1.82, 2.24) is 5.32 Å². The zero-order chi connectivity index (χ0) is 14.7. The fourth-order valence-corrected chi connectivity index (χ4v) is 3.14. The van der Waals surface area contributed by atoms with E-state index in [2.05, 4.69) is 5.32 Å². The van der Waals surface area contributed by atoms with Crippen LogP contribution in [-0.2, 0) is 5.41 Å². The zero-order valence-corrected chi connectivity index (χ0v) is 13.9. The highest BCUT2D eigenvalue weighted by Gasteiger charge is 2.41. The molecule has 0 aliphatic carbocycles. The number of hydrogen-bond acceptors (Lipinski definition) is 2. The molecule has 1 heterocycles. The van der Waals surface area contributed by atoms with Crippen LogP contribution < -0.4 is 5.32 Å². The van der Waals surface area contributed by atoms with Gasteiger partial charge in [-0.2, -0.15) is 0 Å². The fraction of sp³-hybridized carbons (Fsp3) is 0.278. The molecule has 1 saturated heterocycles. The molecule has 0 radical (unpaired) electrons. The monoisotopic (exact) mass is 363 g/mol. The molecule has 22 heavy (non-hydrogen) atoms. The number of hydrogen-bond donors (Lipinski definition) is 1. The first kappa shape index (κ1) is 16.8. The van der Waals surface area contributed by atoms with Crippen LogP contribution in [0.1, 0.15) is 28.8 Å². The van der Waals surface area contributed by atoms with Crippen molar-refractivity contribution >= 4 is 22.8 Å². The maximum absolute atomic E-state index is 13.1. The van der Waals surface area contributed by atoms with Crippen molar-refractivity contribution in [3.05, 3.63) is 71.5 Å². The molecule has 2 aromatic rings. The molecule has 0 saturated carbocycles. The van der Waals surface area contributed by atoms with Crippen LogP contribution in [0, 0.1) is 5.82 Å². The molecule has 1 fully saturated rings. The van der Waals surface area contributed by atoms with E-state index in [-0.39, 0.29) is 28.6 Å². The molecular formula is C18H19BrFNO. The second kappa shape index (κ2) is 7.16. The van der Waals surface area contributed by atoms with Gasteiger partial charge in [0, 0.05) is 5.56 Å². The van der Waals surface area contributed by atoms with Gasteiger partial charge in [0.1, 0.15) is 5.82 Å². The van der Waals surface area contributed by atoms with Gasteiger partial charge in [-0.15, -0.1) is 17.0 Å². The van der Waals surface area contributed by atoms with Crippen LogP contribution in [0.15, 0.2) is 54.6 Å². The molecule has 0 spiro atoms. The van der Waals surface area contributed by atoms with Gasteiger partial charge in [0.15, 0.2) is 5.78 Å². The van der Waals surface area contributed by atoms with Gasteiger partial charge in [-0.1, -0.05) is 30.3 Å². The van der Waals surface area contributed by atoms with Crippen molar-refractivity contribution in [2.24, 2.45) is 0 Å². The molecule has 4 heteroatoms. The molecular weight excluding hydrogens is 345 g/mol. The van der Waals surface area contributed by atoms with Crippen molar-refractivity contribution < 1.29 is 9.18 Å². The first-order chi connectivity index (χ1) is 10.2. The lowest BCUT2D eigenvalue weighted by molar-refractivity contribution is 0.0847. The van der Waals surface area contributed by atoms with E-state index in [0.29, 0.717) is 5.56 Å². The summed E-state index contributed by atoms with van der Waals surface area (Å²) in [7, 11) is 0. The van der Waals surface area contributed by atoms with Crippen molar-refractivity contribution in [3.63, 3.8) is 0 Å². The maximum Gasteiger partial charge on any atom is 0.173 e. The Bertz CT molecular complexity index is 621. The highest BCUT2D eigenvalue weighted by Crippen LogP contribution is 2.36. The number of carbonyl (C=O) groups is 1. The predicted octanol–water partition coefficient (Wildman–Crippen LogP) is 3.91. The Morgan fingerprint density at radius 2 is 1.55 bits per heavy atom. The van der Waals surface area contributed by atoms with Crippen molar-refractivity contribution in [2.45, 2.75) is 18.3 Å². The molecule has 0 amide bonds. The van der Waals surface area contributed by atoms with Gasteiger partial charge in [-0.05, 0) is 55.8 Å². The minimum atomic E-state index is -0.496. The molecule has 0 aromatic heterocycles. The molecule has 1 aliphatic rings. The summed E-state index contributed by atoms with van der Waals surface area (Å²) in [5.41, 5.74) is 1.15. The zero-order valence-electron chi connectivity index (χ0n) is 12.2. The van der Waals surface area contributed by atoms with Crippen LogP contribution in [0.4, 0.5) is 4.39 Å². The van der Waals surface area contributed by atoms with Crippen LogP contribution >= 0.6 is 17.0 Å². The fourth-order valence-electron chi connectivity index (χ4n) is 3.14. The Morgan fingerprint density at radius 3 is 2.14 bits per heavy atom. The smallest absolute Gasteiger partial charge is 0.173 e. The first-order valence-corrected chi connectivity index (χ1v) is 7.29. The molecule has 3 rings (SSSR count). The predicted molar refractivity (Wildman–Crippen MR) is 91.3 cm³/mol. The number of Topliss-reactive ketones (excluding diaryl/α,β-unsaturated/α-hetero) is 1.